The minimum absolute atomic E-state index is 0.00163. The van der Waals surface area contributed by atoms with Gasteiger partial charge in [-0.2, -0.15) is 11.8 Å². The maximum absolute atomic E-state index is 14.1. The number of carboxylic acid groups (broad SMARTS) is 1. The third-order valence-corrected chi connectivity index (χ3v) is 10.5. The predicted octanol–water partition coefficient (Wildman–Crippen LogP) is -8.02. The molecule has 0 aliphatic carbocycles. The molecule has 0 heterocycles. The molecule has 0 aromatic rings. The van der Waals surface area contributed by atoms with Crippen molar-refractivity contribution in [2.75, 3.05) is 51.3 Å². The number of nitrogens with one attached hydrogen (secondary N) is 8. The molecule has 0 aromatic heterocycles. The number of carboxylic acids is 1. The molecule has 31 heteroatoms. The van der Waals surface area contributed by atoms with Gasteiger partial charge in [-0.1, -0.05) is 0 Å². The largest absolute Gasteiger partial charge is 0.480 e. The van der Waals surface area contributed by atoms with Crippen LogP contribution in [-0.4, -0.2) is 181 Å². The van der Waals surface area contributed by atoms with Crippen molar-refractivity contribution in [2.45, 2.75) is 126 Å². The van der Waals surface area contributed by atoms with Crippen molar-refractivity contribution in [1.29, 1.82) is 0 Å². The lowest BCUT2D eigenvalue weighted by Gasteiger charge is -2.28. The van der Waals surface area contributed by atoms with Crippen LogP contribution in [0.2, 0.25) is 0 Å². The molecule has 30 nitrogen and oxygen atoms in total. The lowest BCUT2D eigenvalue weighted by Crippen LogP contribution is -2.61. The van der Waals surface area contributed by atoms with Crippen molar-refractivity contribution >= 4 is 82.9 Å². The van der Waals surface area contributed by atoms with Crippen LogP contribution in [0, 0.1) is 0 Å². The molecule has 0 aromatic carbocycles. The number of carbonyl (C=O) groups excluding carboxylic acids is 8. The third kappa shape index (κ3) is 29.8. The van der Waals surface area contributed by atoms with E-state index >= 15 is 0 Å². The fraction of sp³-hybridized carbons (Fsp3) is 0.700. The van der Waals surface area contributed by atoms with Crippen LogP contribution in [0.25, 0.3) is 0 Å². The van der Waals surface area contributed by atoms with Crippen LogP contribution < -0.4 is 88.4 Å². The van der Waals surface area contributed by atoms with E-state index in [0.717, 1.165) is 0 Å². The van der Waals surface area contributed by atoms with Gasteiger partial charge in [0.15, 0.2) is 17.9 Å². The van der Waals surface area contributed by atoms with Gasteiger partial charge in [0.1, 0.15) is 36.3 Å². The van der Waals surface area contributed by atoms with E-state index in [1.807, 2.05) is 0 Å². The van der Waals surface area contributed by atoms with E-state index in [4.69, 9.17) is 45.9 Å². The minimum Gasteiger partial charge on any atom is -0.480 e. The fourth-order valence-corrected chi connectivity index (χ4v) is 6.60. The Kier molecular flexibility index (Phi) is 32.8. The number of unbranched alkanes of at least 4 members (excludes halogenated alkanes) is 1. The van der Waals surface area contributed by atoms with Crippen LogP contribution in [0.4, 0.5) is 0 Å². The number of hydrogen-bond donors (Lipinski definition) is 18. The first-order valence-corrected chi connectivity index (χ1v) is 24.2. The molecule has 0 saturated carbocycles. The number of aliphatic hydroxyl groups excluding tert-OH is 1. The van der Waals surface area contributed by atoms with Crippen LogP contribution in [0.5, 0.6) is 0 Å². The van der Waals surface area contributed by atoms with Gasteiger partial charge in [0.25, 0.3) is 0 Å². The van der Waals surface area contributed by atoms with E-state index in [9.17, 15) is 53.4 Å². The van der Waals surface area contributed by atoms with Crippen LogP contribution in [0.1, 0.15) is 78.1 Å². The first-order chi connectivity index (χ1) is 33.4. The summed E-state index contributed by atoms with van der Waals surface area (Å²) in [7, 11) is 0. The number of carbonyl (C=O) groups is 9. The van der Waals surface area contributed by atoms with Crippen molar-refractivity contribution in [1.82, 2.24) is 42.5 Å². The van der Waals surface area contributed by atoms with Gasteiger partial charge >= 0.3 is 5.97 Å². The standard InChI is InChI=1S/C40H77N19O11S/c1-21(42)31(63)53-19-28(61)52-20-29(62)54-26(13-18-71-3)34(66)56-24(10-6-15-49-38(43)44)33(65)55-23(9-4-5-14-41)32(64)57-25(11-7-16-50-39(45)46)35(67)59-30(22(2)60)36(68)58-27(37(69)70)12-8-17-51-40(47)48/h21-27,30,60H,4-20,41-42H2,1-3H3,(H,52,61)(H,53,63)(H,54,62)(H,55,65)(H,56,66)(H,57,64)(H,58,68)(H,59,67)(H,69,70)(H4,43,44,49)(H4,45,46,50)(H4,47,48,51)/t21-,22+,23-,24-,25-,26-,27-,30-/m0/s1. The molecular formula is C40H77N19O11S. The number of aliphatic imine (C=N–C) groups is 3. The summed E-state index contributed by atoms with van der Waals surface area (Å²) in [5.41, 5.74) is 43.7. The van der Waals surface area contributed by atoms with E-state index in [0.29, 0.717) is 18.6 Å². The summed E-state index contributed by atoms with van der Waals surface area (Å²) in [6, 6.07) is -9.43. The van der Waals surface area contributed by atoms with E-state index in [-0.39, 0.29) is 95.4 Å². The summed E-state index contributed by atoms with van der Waals surface area (Å²) in [5.74, 6) is -8.33. The van der Waals surface area contributed by atoms with Crippen LogP contribution in [0.3, 0.4) is 0 Å². The summed E-state index contributed by atoms with van der Waals surface area (Å²) in [4.78, 5) is 130. The second-order valence-electron chi connectivity index (χ2n) is 16.1. The van der Waals surface area contributed by atoms with Gasteiger partial charge in [-0.3, -0.25) is 53.3 Å². The number of hydrogen-bond acceptors (Lipinski definition) is 16. The summed E-state index contributed by atoms with van der Waals surface area (Å²) >= 11 is 1.36. The molecule has 404 valence electrons. The first kappa shape index (κ1) is 64.3. The summed E-state index contributed by atoms with van der Waals surface area (Å²) < 4.78 is 0. The maximum Gasteiger partial charge on any atom is 0.326 e. The molecule has 0 aliphatic heterocycles. The number of aliphatic carboxylic acids is 1. The molecule has 0 fully saturated rings. The monoisotopic (exact) mass is 1030 g/mol. The number of guanidine groups is 3. The molecule has 8 atom stereocenters. The summed E-state index contributed by atoms with van der Waals surface area (Å²) in [6.45, 7) is 1.90. The highest BCUT2D eigenvalue weighted by Gasteiger charge is 2.34. The number of nitrogens with two attached hydrogens (primary N) is 8. The predicted molar refractivity (Wildman–Crippen MR) is 266 cm³/mol. The zero-order chi connectivity index (χ0) is 54.1. The molecule has 0 aliphatic rings. The Bertz CT molecular complexity index is 1830. The number of aliphatic hydroxyl groups is 1. The van der Waals surface area contributed by atoms with Crippen molar-refractivity contribution in [3.05, 3.63) is 0 Å². The molecular weight excluding hydrogens is 955 g/mol. The SMILES string of the molecule is CSCC[C@H](NC(=O)CNC(=O)CNC(=O)[C@H](C)N)C(=O)N[C@@H](CCCN=C(N)N)C(=O)N[C@@H](CCCCN)C(=O)N[C@@H](CCCN=C(N)N)C(=O)N[C@H](C(=O)N[C@@H](CCCN=C(N)N)C(=O)O)[C@@H](C)O. The number of amides is 8. The van der Waals surface area contributed by atoms with Crippen LogP contribution in [-0.2, 0) is 43.2 Å². The molecule has 71 heavy (non-hydrogen) atoms. The van der Waals surface area contributed by atoms with Gasteiger partial charge in [-0.15, -0.1) is 0 Å². The average Bonchev–Trinajstić information content (AvgIpc) is 3.29. The van der Waals surface area contributed by atoms with Gasteiger partial charge in [0.2, 0.25) is 47.3 Å². The van der Waals surface area contributed by atoms with Gasteiger partial charge in [0, 0.05) is 19.6 Å². The minimum atomic E-state index is -1.72. The van der Waals surface area contributed by atoms with Gasteiger partial charge < -0.3 is 98.6 Å². The van der Waals surface area contributed by atoms with Crippen molar-refractivity contribution < 1.29 is 53.4 Å². The number of thioether (sulfide) groups is 1. The van der Waals surface area contributed by atoms with E-state index in [1.54, 1.807) is 6.26 Å². The summed E-state index contributed by atoms with van der Waals surface area (Å²) in [6.07, 6.45) is 1.05. The molecule has 0 saturated heterocycles. The van der Waals surface area contributed by atoms with E-state index in [1.165, 1.54) is 25.6 Å². The van der Waals surface area contributed by atoms with Crippen LogP contribution in [0.15, 0.2) is 15.0 Å². The smallest absolute Gasteiger partial charge is 0.326 e. The lowest BCUT2D eigenvalue weighted by molar-refractivity contribution is -0.143. The zero-order valence-electron chi connectivity index (χ0n) is 40.6. The number of nitrogens with zero attached hydrogens (tertiary/aromatic N) is 3. The Morgan fingerprint density at radius 3 is 1.30 bits per heavy atom. The Labute approximate surface area is 416 Å². The highest BCUT2D eigenvalue weighted by molar-refractivity contribution is 7.98. The molecule has 0 spiro atoms. The van der Waals surface area contributed by atoms with Gasteiger partial charge in [-0.25, -0.2) is 4.79 Å². The fourth-order valence-electron chi connectivity index (χ4n) is 6.12. The normalized spacial score (nSPS) is 14.1. The van der Waals surface area contributed by atoms with Crippen LogP contribution >= 0.6 is 11.8 Å². The second-order valence-corrected chi connectivity index (χ2v) is 17.1. The van der Waals surface area contributed by atoms with Gasteiger partial charge in [-0.05, 0) is 96.6 Å². The summed E-state index contributed by atoms with van der Waals surface area (Å²) in [5, 5.41) is 40.0. The molecule has 0 rings (SSSR count). The quantitative estimate of drug-likeness (QED) is 0.0156. The van der Waals surface area contributed by atoms with E-state index < -0.39 is 115 Å². The van der Waals surface area contributed by atoms with Gasteiger partial charge in [0.05, 0.1) is 25.2 Å². The third-order valence-electron chi connectivity index (χ3n) is 9.90. The maximum atomic E-state index is 14.1. The molecule has 0 unspecified atom stereocenters. The number of rotatable bonds is 37. The topological polar surface area (TPSA) is 536 Å². The Hall–Kier alpha value is -6.73. The van der Waals surface area contributed by atoms with Crippen molar-refractivity contribution in [3.8, 4) is 0 Å². The second kappa shape index (κ2) is 36.2. The first-order valence-electron chi connectivity index (χ1n) is 22.8. The van der Waals surface area contributed by atoms with E-state index in [2.05, 4.69) is 57.5 Å². The lowest BCUT2D eigenvalue weighted by atomic mass is 10.0. The highest BCUT2D eigenvalue weighted by atomic mass is 32.2. The molecule has 0 radical (unpaired) electrons. The Morgan fingerprint density at radius 2 is 0.901 bits per heavy atom. The zero-order valence-corrected chi connectivity index (χ0v) is 41.4. The Morgan fingerprint density at radius 1 is 0.507 bits per heavy atom. The van der Waals surface area contributed by atoms with Crippen molar-refractivity contribution in [3.63, 3.8) is 0 Å². The molecule has 8 amide bonds. The Balaban J connectivity index is 6.62. The molecule has 0 bridgehead atoms. The average molecular weight is 1030 g/mol. The highest BCUT2D eigenvalue weighted by Crippen LogP contribution is 2.10. The van der Waals surface area contributed by atoms with Crippen molar-refractivity contribution in [2.24, 2.45) is 60.8 Å². The molecule has 26 N–H and O–H groups in total.